The van der Waals surface area contributed by atoms with E-state index in [4.69, 9.17) is 10.5 Å². The molecule has 0 unspecified atom stereocenters. The lowest BCUT2D eigenvalue weighted by atomic mass is 10.2. The van der Waals surface area contributed by atoms with Crippen LogP contribution in [0.25, 0.3) is 0 Å². The Balaban J connectivity index is 1.87. The zero-order valence-corrected chi connectivity index (χ0v) is 9.32. The van der Waals surface area contributed by atoms with Crippen molar-refractivity contribution in [2.75, 3.05) is 7.11 Å². The van der Waals surface area contributed by atoms with E-state index in [9.17, 15) is 4.79 Å². The molecule has 4 heteroatoms. The number of nitrogens with two attached hydrogens (primary N) is 1. The molecule has 3 N–H and O–H groups in total. The van der Waals surface area contributed by atoms with Crippen molar-refractivity contribution in [3.63, 3.8) is 0 Å². The van der Waals surface area contributed by atoms with Gasteiger partial charge in [-0.25, -0.2) is 0 Å². The van der Waals surface area contributed by atoms with E-state index < -0.39 is 5.54 Å². The molecule has 1 amide bonds. The molecule has 0 spiro atoms. The van der Waals surface area contributed by atoms with Crippen LogP contribution >= 0.6 is 0 Å². The van der Waals surface area contributed by atoms with Crippen molar-refractivity contribution in [2.45, 2.75) is 24.9 Å². The van der Waals surface area contributed by atoms with Gasteiger partial charge in [0, 0.05) is 6.54 Å². The molecule has 0 radical (unpaired) electrons. The zero-order valence-electron chi connectivity index (χ0n) is 9.32. The lowest BCUT2D eigenvalue weighted by molar-refractivity contribution is -0.123. The van der Waals surface area contributed by atoms with Crippen molar-refractivity contribution >= 4 is 5.91 Å². The highest BCUT2D eigenvalue weighted by atomic mass is 16.5. The highest BCUT2D eigenvalue weighted by Gasteiger charge is 2.45. The van der Waals surface area contributed by atoms with Crippen LogP contribution in [0.4, 0.5) is 0 Å². The fourth-order valence-electron chi connectivity index (χ4n) is 1.46. The fraction of sp³-hybridized carbons (Fsp3) is 0.417. The van der Waals surface area contributed by atoms with Crippen LogP contribution in [0.3, 0.4) is 0 Å². The van der Waals surface area contributed by atoms with Crippen LogP contribution in [-0.2, 0) is 11.3 Å². The van der Waals surface area contributed by atoms with Crippen LogP contribution < -0.4 is 15.8 Å². The molecule has 86 valence electrons. The summed E-state index contributed by atoms with van der Waals surface area (Å²) in [6.07, 6.45) is 1.59. The van der Waals surface area contributed by atoms with Crippen LogP contribution in [-0.4, -0.2) is 18.6 Å². The number of hydrogen-bond acceptors (Lipinski definition) is 3. The van der Waals surface area contributed by atoms with Crippen LogP contribution in [0.2, 0.25) is 0 Å². The monoisotopic (exact) mass is 220 g/mol. The largest absolute Gasteiger partial charge is 0.497 e. The third-order valence-electron chi connectivity index (χ3n) is 2.85. The summed E-state index contributed by atoms with van der Waals surface area (Å²) < 4.78 is 5.05. The van der Waals surface area contributed by atoms with Gasteiger partial charge in [0.2, 0.25) is 5.91 Å². The Kier molecular flexibility index (Phi) is 2.83. The van der Waals surface area contributed by atoms with E-state index in [0.717, 1.165) is 24.2 Å². The maximum absolute atomic E-state index is 11.6. The molecular weight excluding hydrogens is 204 g/mol. The molecule has 2 rings (SSSR count). The lowest BCUT2D eigenvalue weighted by Crippen LogP contribution is -2.42. The Morgan fingerprint density at radius 2 is 2.06 bits per heavy atom. The van der Waals surface area contributed by atoms with E-state index in [0.29, 0.717) is 6.54 Å². The molecular formula is C12H16N2O2. The molecule has 16 heavy (non-hydrogen) atoms. The SMILES string of the molecule is COc1ccc(CNC(=O)C2(N)CC2)cc1. The van der Waals surface area contributed by atoms with Crippen molar-refractivity contribution in [3.05, 3.63) is 29.8 Å². The van der Waals surface area contributed by atoms with Crippen molar-refractivity contribution in [3.8, 4) is 5.75 Å². The smallest absolute Gasteiger partial charge is 0.240 e. The fourth-order valence-corrected chi connectivity index (χ4v) is 1.46. The van der Waals surface area contributed by atoms with E-state index in [1.165, 1.54) is 0 Å². The summed E-state index contributed by atoms with van der Waals surface area (Å²) in [5, 5.41) is 2.83. The Bertz CT molecular complexity index is 383. The van der Waals surface area contributed by atoms with Crippen molar-refractivity contribution in [1.82, 2.24) is 5.32 Å². The molecule has 0 aromatic heterocycles. The average Bonchev–Trinajstić information content (AvgIpc) is 3.06. The number of amides is 1. The van der Waals surface area contributed by atoms with Crippen molar-refractivity contribution in [2.24, 2.45) is 5.73 Å². The second-order valence-corrected chi connectivity index (χ2v) is 4.19. The molecule has 0 saturated heterocycles. The second-order valence-electron chi connectivity index (χ2n) is 4.19. The molecule has 4 nitrogen and oxygen atoms in total. The third-order valence-corrected chi connectivity index (χ3v) is 2.85. The van der Waals surface area contributed by atoms with E-state index in [-0.39, 0.29) is 5.91 Å². The minimum absolute atomic E-state index is 0.0525. The van der Waals surface area contributed by atoms with Gasteiger partial charge in [-0.05, 0) is 30.5 Å². The Morgan fingerprint density at radius 3 is 2.56 bits per heavy atom. The molecule has 1 aliphatic rings. The zero-order chi connectivity index (χ0) is 11.6. The van der Waals surface area contributed by atoms with Crippen molar-refractivity contribution in [1.29, 1.82) is 0 Å². The highest BCUT2D eigenvalue weighted by molar-refractivity contribution is 5.88. The molecule has 0 atom stereocenters. The Hall–Kier alpha value is -1.55. The summed E-state index contributed by atoms with van der Waals surface area (Å²) in [7, 11) is 1.63. The maximum atomic E-state index is 11.6. The van der Waals surface area contributed by atoms with E-state index in [1.807, 2.05) is 24.3 Å². The summed E-state index contributed by atoms with van der Waals surface area (Å²) in [5.41, 5.74) is 6.22. The molecule has 1 saturated carbocycles. The summed E-state index contributed by atoms with van der Waals surface area (Å²) in [5.74, 6) is 0.760. The van der Waals surface area contributed by atoms with Gasteiger partial charge >= 0.3 is 0 Å². The van der Waals surface area contributed by atoms with Gasteiger partial charge in [0.25, 0.3) is 0 Å². The normalized spacial score (nSPS) is 16.6. The average molecular weight is 220 g/mol. The lowest BCUT2D eigenvalue weighted by Gasteiger charge is -2.10. The summed E-state index contributed by atoms with van der Waals surface area (Å²) in [4.78, 5) is 11.6. The predicted octanol–water partition coefficient (Wildman–Crippen LogP) is 0.803. The summed E-state index contributed by atoms with van der Waals surface area (Å²) in [6, 6.07) is 7.60. The predicted molar refractivity (Wildman–Crippen MR) is 61.0 cm³/mol. The minimum Gasteiger partial charge on any atom is -0.497 e. The summed E-state index contributed by atoms with van der Waals surface area (Å²) in [6.45, 7) is 0.516. The van der Waals surface area contributed by atoms with Crippen LogP contribution in [0, 0.1) is 0 Å². The van der Waals surface area contributed by atoms with Crippen molar-refractivity contribution < 1.29 is 9.53 Å². The standard InChI is InChI=1S/C12H16N2O2/c1-16-10-4-2-9(3-5-10)8-14-11(15)12(13)6-7-12/h2-5H,6-8,13H2,1H3,(H,14,15). The molecule has 0 bridgehead atoms. The quantitative estimate of drug-likeness (QED) is 0.789. The van der Waals surface area contributed by atoms with Gasteiger partial charge in [-0.15, -0.1) is 0 Å². The first-order chi connectivity index (χ1) is 7.64. The Morgan fingerprint density at radius 1 is 1.44 bits per heavy atom. The van der Waals surface area contributed by atoms with Gasteiger partial charge in [-0.2, -0.15) is 0 Å². The second kappa shape index (κ2) is 4.14. The van der Waals surface area contributed by atoms with Crippen LogP contribution in [0.1, 0.15) is 18.4 Å². The van der Waals surface area contributed by atoms with Crippen LogP contribution in [0.15, 0.2) is 24.3 Å². The van der Waals surface area contributed by atoms with Gasteiger partial charge in [0.1, 0.15) is 5.75 Å². The number of benzene rings is 1. The topological polar surface area (TPSA) is 64.3 Å². The number of carbonyl (C=O) groups is 1. The molecule has 0 heterocycles. The number of carbonyl (C=O) groups excluding carboxylic acids is 1. The number of rotatable bonds is 4. The molecule has 1 aliphatic carbocycles. The minimum atomic E-state index is -0.591. The number of hydrogen-bond donors (Lipinski definition) is 2. The van der Waals surface area contributed by atoms with E-state index in [2.05, 4.69) is 5.32 Å². The van der Waals surface area contributed by atoms with Gasteiger partial charge in [0.05, 0.1) is 12.6 Å². The first-order valence-corrected chi connectivity index (χ1v) is 5.34. The molecule has 1 fully saturated rings. The van der Waals surface area contributed by atoms with Gasteiger partial charge in [-0.3, -0.25) is 4.79 Å². The number of ether oxygens (including phenoxy) is 1. The van der Waals surface area contributed by atoms with Gasteiger partial charge in [-0.1, -0.05) is 12.1 Å². The molecule has 1 aromatic carbocycles. The number of methoxy groups -OCH3 is 1. The van der Waals surface area contributed by atoms with E-state index >= 15 is 0 Å². The molecule has 0 aliphatic heterocycles. The first kappa shape index (κ1) is 11.0. The molecule has 1 aromatic rings. The van der Waals surface area contributed by atoms with Gasteiger partial charge < -0.3 is 15.8 Å². The third kappa shape index (κ3) is 2.33. The maximum Gasteiger partial charge on any atom is 0.240 e. The van der Waals surface area contributed by atoms with E-state index in [1.54, 1.807) is 7.11 Å². The van der Waals surface area contributed by atoms with Gasteiger partial charge in [0.15, 0.2) is 0 Å². The Labute approximate surface area is 94.8 Å². The highest BCUT2D eigenvalue weighted by Crippen LogP contribution is 2.32. The first-order valence-electron chi connectivity index (χ1n) is 5.34. The summed E-state index contributed by atoms with van der Waals surface area (Å²) >= 11 is 0. The number of nitrogens with one attached hydrogen (secondary N) is 1. The van der Waals surface area contributed by atoms with Crippen LogP contribution in [0.5, 0.6) is 5.75 Å².